The number of nitrogens with two attached hydrogens (primary N) is 1. The largest absolute Gasteiger partial charge is 0.398 e. The van der Waals surface area contributed by atoms with Crippen LogP contribution in [0.25, 0.3) is 5.70 Å². The molecule has 0 aromatic heterocycles. The van der Waals surface area contributed by atoms with Crippen LogP contribution in [0.5, 0.6) is 0 Å². The van der Waals surface area contributed by atoms with E-state index in [0.29, 0.717) is 47.5 Å². The van der Waals surface area contributed by atoms with Gasteiger partial charge in [0.2, 0.25) is 0 Å². The van der Waals surface area contributed by atoms with Gasteiger partial charge in [0.1, 0.15) is 0 Å². The molecule has 1 aliphatic carbocycles. The molecule has 3 N–H and O–H groups in total. The van der Waals surface area contributed by atoms with Gasteiger partial charge in [-0.2, -0.15) is 5.26 Å². The molecule has 1 amide bonds. The quantitative estimate of drug-likeness (QED) is 0.738. The number of hydrogen-bond donors (Lipinski definition) is 2. The van der Waals surface area contributed by atoms with Crippen LogP contribution in [-0.4, -0.2) is 29.6 Å². The first-order valence-corrected chi connectivity index (χ1v) is 10.3. The number of carbonyl (C=O) groups excluding carboxylic acids is 1. The van der Waals surface area contributed by atoms with Crippen LogP contribution in [-0.2, 0) is 0 Å². The van der Waals surface area contributed by atoms with Gasteiger partial charge in [0, 0.05) is 47.5 Å². The third-order valence-corrected chi connectivity index (χ3v) is 6.25. The van der Waals surface area contributed by atoms with E-state index in [0.717, 1.165) is 35.1 Å². The van der Waals surface area contributed by atoms with E-state index >= 15 is 0 Å². The lowest BCUT2D eigenvalue weighted by atomic mass is 9.90. The number of benzene rings is 2. The molecule has 5 heteroatoms. The fourth-order valence-electron chi connectivity index (χ4n) is 3.94. The summed E-state index contributed by atoms with van der Waals surface area (Å²) in [5.41, 5.74) is 12.7. The molecule has 2 fully saturated rings. The zero-order chi connectivity index (χ0) is 21.4. The Bertz CT molecular complexity index is 1080. The van der Waals surface area contributed by atoms with Crippen LogP contribution in [0.3, 0.4) is 0 Å². The van der Waals surface area contributed by atoms with Crippen LogP contribution in [0.2, 0.25) is 0 Å². The van der Waals surface area contributed by atoms with Gasteiger partial charge in [-0.25, -0.2) is 0 Å². The summed E-state index contributed by atoms with van der Waals surface area (Å²) in [5, 5.41) is 17.2. The molecular weight excluding hydrogens is 372 g/mol. The number of hydrogen-bond acceptors (Lipinski definition) is 4. The SMILES string of the molecule is C/C(C(=N)C1CC1)=C(/N)c1cc(C(=O)N2CC(c3ccc(C#N)cc3)C2)ccc1C. The van der Waals surface area contributed by atoms with Gasteiger partial charge in [-0.05, 0) is 67.7 Å². The minimum absolute atomic E-state index is 0.00358. The topological polar surface area (TPSA) is 94.0 Å². The number of carbonyl (C=O) groups is 1. The van der Waals surface area contributed by atoms with E-state index < -0.39 is 0 Å². The van der Waals surface area contributed by atoms with E-state index in [4.69, 9.17) is 16.4 Å². The second-order valence-corrected chi connectivity index (χ2v) is 8.40. The van der Waals surface area contributed by atoms with Crippen molar-refractivity contribution >= 4 is 17.3 Å². The first-order chi connectivity index (χ1) is 14.4. The molecule has 5 nitrogen and oxygen atoms in total. The van der Waals surface area contributed by atoms with Crippen LogP contribution < -0.4 is 5.73 Å². The van der Waals surface area contributed by atoms with Crippen molar-refractivity contribution in [1.29, 1.82) is 10.7 Å². The molecule has 2 aliphatic rings. The van der Waals surface area contributed by atoms with Crippen molar-refractivity contribution in [3.05, 3.63) is 75.9 Å². The van der Waals surface area contributed by atoms with Crippen LogP contribution in [0.15, 0.2) is 48.0 Å². The summed E-state index contributed by atoms with van der Waals surface area (Å²) in [6.45, 7) is 5.23. The van der Waals surface area contributed by atoms with Crippen LogP contribution in [0.4, 0.5) is 0 Å². The predicted molar refractivity (Wildman–Crippen MR) is 118 cm³/mol. The first kappa shape index (κ1) is 19.9. The molecule has 152 valence electrons. The second-order valence-electron chi connectivity index (χ2n) is 8.40. The Morgan fingerprint density at radius 2 is 1.83 bits per heavy atom. The molecule has 0 bridgehead atoms. The second kappa shape index (κ2) is 7.79. The molecule has 4 rings (SSSR count). The summed E-state index contributed by atoms with van der Waals surface area (Å²) in [6.07, 6.45) is 2.13. The summed E-state index contributed by atoms with van der Waals surface area (Å²) < 4.78 is 0. The molecule has 30 heavy (non-hydrogen) atoms. The Kier molecular flexibility index (Phi) is 5.17. The third-order valence-electron chi connectivity index (χ3n) is 6.25. The Balaban J connectivity index is 1.49. The minimum atomic E-state index is 0.00358. The number of rotatable bonds is 5. The van der Waals surface area contributed by atoms with Crippen molar-refractivity contribution in [3.63, 3.8) is 0 Å². The number of amides is 1. The highest BCUT2D eigenvalue weighted by molar-refractivity contribution is 6.06. The van der Waals surface area contributed by atoms with E-state index in [1.54, 1.807) is 0 Å². The van der Waals surface area contributed by atoms with Gasteiger partial charge in [0.25, 0.3) is 5.91 Å². The van der Waals surface area contributed by atoms with Crippen LogP contribution in [0, 0.1) is 29.6 Å². The lowest BCUT2D eigenvalue weighted by Gasteiger charge is -2.39. The Hall–Kier alpha value is -3.39. The summed E-state index contributed by atoms with van der Waals surface area (Å²) in [4.78, 5) is 14.8. The normalized spacial score (nSPS) is 17.0. The zero-order valence-electron chi connectivity index (χ0n) is 17.4. The molecular formula is C25H26N4O. The summed E-state index contributed by atoms with van der Waals surface area (Å²) in [7, 11) is 0. The van der Waals surface area contributed by atoms with Crippen molar-refractivity contribution in [1.82, 2.24) is 4.90 Å². The van der Waals surface area contributed by atoms with Gasteiger partial charge in [-0.3, -0.25) is 4.79 Å². The molecule has 2 aromatic carbocycles. The van der Waals surface area contributed by atoms with Gasteiger partial charge in [0.05, 0.1) is 11.6 Å². The molecule has 1 heterocycles. The third kappa shape index (κ3) is 3.73. The minimum Gasteiger partial charge on any atom is -0.398 e. The van der Waals surface area contributed by atoms with Gasteiger partial charge >= 0.3 is 0 Å². The molecule has 0 radical (unpaired) electrons. The highest BCUT2D eigenvalue weighted by atomic mass is 16.2. The monoisotopic (exact) mass is 398 g/mol. The molecule has 1 saturated heterocycles. The van der Waals surface area contributed by atoms with Gasteiger partial charge < -0.3 is 16.0 Å². The van der Waals surface area contributed by atoms with Gasteiger partial charge in [-0.1, -0.05) is 18.2 Å². The Morgan fingerprint density at radius 3 is 2.43 bits per heavy atom. The number of allylic oxidation sites excluding steroid dienone is 1. The standard InChI is InChI=1S/C25H26N4O/c1-15-3-6-20(11-22(15)24(28)16(2)23(27)19-9-10-19)25(30)29-13-21(14-29)18-7-4-17(12-26)5-8-18/h3-8,11,19,21,27H,9-10,13-14,28H2,1-2H3/b24-16-,27-23?. The zero-order valence-corrected chi connectivity index (χ0v) is 17.4. The number of likely N-dealkylation sites (tertiary alicyclic amines) is 1. The van der Waals surface area contributed by atoms with Crippen molar-refractivity contribution in [3.8, 4) is 6.07 Å². The van der Waals surface area contributed by atoms with Gasteiger partial charge in [-0.15, -0.1) is 0 Å². The maximum Gasteiger partial charge on any atom is 0.253 e. The first-order valence-electron chi connectivity index (χ1n) is 10.3. The average molecular weight is 399 g/mol. The number of aryl methyl sites for hydroxylation is 1. The number of nitrogens with zero attached hydrogens (tertiary/aromatic N) is 2. The van der Waals surface area contributed by atoms with Crippen molar-refractivity contribution in [2.75, 3.05) is 13.1 Å². The van der Waals surface area contributed by atoms with E-state index in [2.05, 4.69) is 6.07 Å². The Morgan fingerprint density at radius 1 is 1.17 bits per heavy atom. The van der Waals surface area contributed by atoms with Crippen molar-refractivity contribution in [2.45, 2.75) is 32.6 Å². The summed E-state index contributed by atoms with van der Waals surface area (Å²) in [5.74, 6) is 0.649. The highest BCUT2D eigenvalue weighted by Crippen LogP contribution is 2.34. The lowest BCUT2D eigenvalue weighted by Crippen LogP contribution is -2.48. The van der Waals surface area contributed by atoms with Gasteiger partial charge in [0.15, 0.2) is 0 Å². The Labute approximate surface area is 177 Å². The maximum atomic E-state index is 13.0. The molecule has 0 spiro atoms. The van der Waals surface area contributed by atoms with E-state index in [9.17, 15) is 4.79 Å². The van der Waals surface area contributed by atoms with E-state index in [1.165, 1.54) is 0 Å². The average Bonchev–Trinajstić information content (AvgIpc) is 3.57. The summed E-state index contributed by atoms with van der Waals surface area (Å²) in [6, 6.07) is 15.4. The smallest absolute Gasteiger partial charge is 0.253 e. The van der Waals surface area contributed by atoms with E-state index in [1.807, 2.05) is 61.2 Å². The molecule has 0 atom stereocenters. The summed E-state index contributed by atoms with van der Waals surface area (Å²) >= 11 is 0. The molecule has 1 saturated carbocycles. The predicted octanol–water partition coefficient (Wildman–Crippen LogP) is 4.23. The fraction of sp³-hybridized carbons (Fsp3) is 0.320. The molecule has 0 unspecified atom stereocenters. The lowest BCUT2D eigenvalue weighted by molar-refractivity contribution is 0.0602. The van der Waals surface area contributed by atoms with Crippen molar-refractivity contribution in [2.24, 2.45) is 11.7 Å². The fourth-order valence-corrected chi connectivity index (χ4v) is 3.94. The highest BCUT2D eigenvalue weighted by Gasteiger charge is 2.32. The van der Waals surface area contributed by atoms with E-state index in [-0.39, 0.29) is 5.91 Å². The molecule has 2 aromatic rings. The molecule has 1 aliphatic heterocycles. The number of nitrogens with one attached hydrogen (secondary N) is 1. The maximum absolute atomic E-state index is 13.0. The van der Waals surface area contributed by atoms with Crippen molar-refractivity contribution < 1.29 is 4.79 Å². The van der Waals surface area contributed by atoms with Crippen LogP contribution in [0.1, 0.15) is 58.3 Å². The number of nitriles is 1. The van der Waals surface area contributed by atoms with Crippen LogP contribution >= 0.6 is 0 Å².